The second-order valence-electron chi connectivity index (χ2n) is 7.00. The molecule has 0 atom stereocenters. The van der Waals surface area contributed by atoms with E-state index in [-0.39, 0.29) is 11.6 Å². The van der Waals surface area contributed by atoms with Crippen LogP contribution in [0.5, 0.6) is 0 Å². The fourth-order valence-electron chi connectivity index (χ4n) is 3.64. The number of benzene rings is 2. The van der Waals surface area contributed by atoms with Crippen LogP contribution in [0, 0.1) is 17.0 Å². The van der Waals surface area contributed by atoms with Gasteiger partial charge in [0, 0.05) is 17.2 Å². The molecule has 0 unspecified atom stereocenters. The van der Waals surface area contributed by atoms with Crippen molar-refractivity contribution in [1.82, 2.24) is 9.88 Å². The summed E-state index contributed by atoms with van der Waals surface area (Å²) in [5, 5.41) is 12.2. The van der Waals surface area contributed by atoms with Crippen molar-refractivity contribution in [3.8, 4) is 0 Å². The molecule has 4 rings (SSSR count). The third-order valence-corrected chi connectivity index (χ3v) is 6.27. The summed E-state index contributed by atoms with van der Waals surface area (Å²) in [6, 6.07) is 12.8. The van der Waals surface area contributed by atoms with E-state index in [2.05, 4.69) is 6.07 Å². The van der Waals surface area contributed by atoms with Gasteiger partial charge < -0.3 is 9.80 Å². The number of aromatic nitrogens is 1. The van der Waals surface area contributed by atoms with Crippen molar-refractivity contribution in [3.63, 3.8) is 0 Å². The van der Waals surface area contributed by atoms with Crippen molar-refractivity contribution in [2.45, 2.75) is 13.5 Å². The Kier molecular flexibility index (Phi) is 5.06. The lowest BCUT2D eigenvalue weighted by Crippen LogP contribution is -3.13. The molecule has 8 heteroatoms. The van der Waals surface area contributed by atoms with E-state index in [1.807, 2.05) is 18.2 Å². The molecule has 3 aromatic rings. The number of fused-ring (bicyclic) bond motifs is 1. The van der Waals surface area contributed by atoms with Crippen LogP contribution < -0.4 is 4.90 Å². The number of piperazine rings is 1. The number of amides is 1. The number of carbonyl (C=O) groups excluding carboxylic acids is 1. The van der Waals surface area contributed by atoms with Crippen LogP contribution in [0.25, 0.3) is 10.2 Å². The lowest BCUT2D eigenvalue weighted by Gasteiger charge is -2.32. The number of carbonyl (C=O) groups is 1. The van der Waals surface area contributed by atoms with Gasteiger partial charge in [0.2, 0.25) is 0 Å². The lowest BCUT2D eigenvalue weighted by atomic mass is 10.1. The summed E-state index contributed by atoms with van der Waals surface area (Å²) in [7, 11) is 0. The Morgan fingerprint density at radius 3 is 2.68 bits per heavy atom. The maximum Gasteiger partial charge on any atom is 0.273 e. The largest absolute Gasteiger partial charge is 0.327 e. The van der Waals surface area contributed by atoms with Crippen molar-refractivity contribution >= 4 is 33.1 Å². The van der Waals surface area contributed by atoms with Crippen LogP contribution in [0.1, 0.15) is 20.9 Å². The molecule has 1 aliphatic heterocycles. The summed E-state index contributed by atoms with van der Waals surface area (Å²) >= 11 is 1.72. The smallest absolute Gasteiger partial charge is 0.273 e. The molecule has 0 saturated carbocycles. The summed E-state index contributed by atoms with van der Waals surface area (Å²) in [5.41, 5.74) is 1.88. The average molecular weight is 397 g/mol. The van der Waals surface area contributed by atoms with Gasteiger partial charge in [-0.2, -0.15) is 0 Å². The fourth-order valence-corrected chi connectivity index (χ4v) is 4.67. The summed E-state index contributed by atoms with van der Waals surface area (Å²) in [5.74, 6) is -0.125. The zero-order valence-corrected chi connectivity index (χ0v) is 16.4. The molecule has 0 radical (unpaired) electrons. The molecular weight excluding hydrogens is 376 g/mol. The quantitative estimate of drug-likeness (QED) is 0.540. The van der Waals surface area contributed by atoms with Crippen LogP contribution >= 0.6 is 11.3 Å². The van der Waals surface area contributed by atoms with E-state index in [0.717, 1.165) is 30.2 Å². The van der Waals surface area contributed by atoms with E-state index >= 15 is 0 Å². The number of para-hydroxylation sites is 1. The van der Waals surface area contributed by atoms with E-state index in [1.165, 1.54) is 15.7 Å². The van der Waals surface area contributed by atoms with Crippen molar-refractivity contribution in [1.29, 1.82) is 0 Å². The Bertz CT molecular complexity index is 1010. The summed E-state index contributed by atoms with van der Waals surface area (Å²) in [6.07, 6.45) is 0. The molecule has 1 amide bonds. The highest BCUT2D eigenvalue weighted by atomic mass is 32.1. The van der Waals surface area contributed by atoms with Crippen molar-refractivity contribution < 1.29 is 14.6 Å². The molecule has 1 saturated heterocycles. The Morgan fingerprint density at radius 1 is 1.21 bits per heavy atom. The monoisotopic (exact) mass is 397 g/mol. The first kappa shape index (κ1) is 18.5. The van der Waals surface area contributed by atoms with Crippen LogP contribution in [0.2, 0.25) is 0 Å². The van der Waals surface area contributed by atoms with Crippen LogP contribution in [0.15, 0.2) is 42.5 Å². The van der Waals surface area contributed by atoms with E-state index < -0.39 is 4.92 Å². The normalized spacial score (nSPS) is 15.1. The minimum atomic E-state index is -0.438. The van der Waals surface area contributed by atoms with Crippen molar-refractivity contribution in [2.24, 2.45) is 0 Å². The van der Waals surface area contributed by atoms with Gasteiger partial charge in [-0.05, 0) is 25.1 Å². The SMILES string of the molecule is Cc1c(C(=O)N2CC[NH+](Cc3nc4ccccc4s3)CC2)cccc1[N+](=O)[O-]. The standard InChI is InChI=1S/C20H20N4O3S/c1-14-15(5-4-7-17(14)24(26)27)20(25)23-11-9-22(10-12-23)13-19-21-16-6-2-3-8-18(16)28-19/h2-8H,9-13H2,1H3/p+1. The third kappa shape index (κ3) is 3.61. The second-order valence-corrected chi connectivity index (χ2v) is 8.12. The van der Waals surface area contributed by atoms with E-state index in [1.54, 1.807) is 35.3 Å². The first-order valence-electron chi connectivity index (χ1n) is 9.24. The Labute approximate surface area is 166 Å². The van der Waals surface area contributed by atoms with Crippen molar-refractivity contribution in [2.75, 3.05) is 26.2 Å². The highest BCUT2D eigenvalue weighted by Crippen LogP contribution is 2.23. The molecule has 2 aromatic carbocycles. The zero-order valence-electron chi connectivity index (χ0n) is 15.6. The molecule has 28 heavy (non-hydrogen) atoms. The molecule has 144 valence electrons. The average Bonchev–Trinajstić information content (AvgIpc) is 3.10. The van der Waals surface area contributed by atoms with Gasteiger partial charge in [-0.1, -0.05) is 18.2 Å². The van der Waals surface area contributed by atoms with Crippen LogP contribution in [-0.2, 0) is 6.54 Å². The topological polar surface area (TPSA) is 80.8 Å². The predicted octanol–water partition coefficient (Wildman–Crippen LogP) is 2.05. The van der Waals surface area contributed by atoms with Crippen LogP contribution in [0.3, 0.4) is 0 Å². The van der Waals surface area contributed by atoms with Crippen LogP contribution in [0.4, 0.5) is 5.69 Å². The number of nitro groups is 1. The molecular formula is C20H21N4O3S+. The second kappa shape index (κ2) is 7.65. The highest BCUT2D eigenvalue weighted by molar-refractivity contribution is 7.18. The number of rotatable bonds is 4. The fraction of sp³-hybridized carbons (Fsp3) is 0.300. The summed E-state index contributed by atoms with van der Waals surface area (Å²) < 4.78 is 1.20. The Hall–Kier alpha value is -2.84. The number of nitrogens with zero attached hydrogens (tertiary/aromatic N) is 3. The summed E-state index contributed by atoms with van der Waals surface area (Å²) in [4.78, 5) is 31.5. The molecule has 1 aliphatic rings. The predicted molar refractivity (Wildman–Crippen MR) is 108 cm³/mol. The molecule has 2 heterocycles. The van der Waals surface area contributed by atoms with Gasteiger partial charge in [-0.15, -0.1) is 11.3 Å². The molecule has 0 spiro atoms. The molecule has 1 aromatic heterocycles. The maximum absolute atomic E-state index is 12.9. The van der Waals surface area contributed by atoms with Gasteiger partial charge in [0.05, 0.1) is 41.3 Å². The molecule has 7 nitrogen and oxygen atoms in total. The molecule has 1 N–H and O–H groups in total. The van der Waals surface area contributed by atoms with Crippen LogP contribution in [-0.4, -0.2) is 46.9 Å². The van der Waals surface area contributed by atoms with Gasteiger partial charge in [-0.25, -0.2) is 4.98 Å². The zero-order chi connectivity index (χ0) is 19.7. The molecule has 0 bridgehead atoms. The minimum Gasteiger partial charge on any atom is -0.327 e. The molecule has 1 fully saturated rings. The van der Waals surface area contributed by atoms with E-state index in [9.17, 15) is 14.9 Å². The maximum atomic E-state index is 12.9. The number of hydrogen-bond acceptors (Lipinski definition) is 5. The minimum absolute atomic E-state index is 0.00838. The first-order valence-corrected chi connectivity index (χ1v) is 10.1. The number of nitrogens with one attached hydrogen (secondary N) is 1. The molecule has 0 aliphatic carbocycles. The van der Waals surface area contributed by atoms with Gasteiger partial charge in [0.15, 0.2) is 0 Å². The number of thiazole rings is 1. The number of nitro benzene ring substituents is 1. The van der Waals surface area contributed by atoms with Gasteiger partial charge in [-0.3, -0.25) is 14.9 Å². The third-order valence-electron chi connectivity index (χ3n) is 5.23. The van der Waals surface area contributed by atoms with Gasteiger partial charge in [0.1, 0.15) is 11.6 Å². The van der Waals surface area contributed by atoms with E-state index in [0.29, 0.717) is 24.2 Å². The van der Waals surface area contributed by atoms with Crippen molar-refractivity contribution in [3.05, 3.63) is 68.7 Å². The summed E-state index contributed by atoms with van der Waals surface area (Å²) in [6.45, 7) is 5.46. The van der Waals surface area contributed by atoms with E-state index in [4.69, 9.17) is 4.98 Å². The Balaban J connectivity index is 1.40. The van der Waals surface area contributed by atoms with Gasteiger partial charge in [0.25, 0.3) is 11.6 Å². The van der Waals surface area contributed by atoms with Gasteiger partial charge >= 0.3 is 0 Å². The Morgan fingerprint density at radius 2 is 1.96 bits per heavy atom. The number of quaternary nitrogens is 1. The lowest BCUT2D eigenvalue weighted by molar-refractivity contribution is -0.917. The first-order chi connectivity index (χ1) is 13.5. The number of hydrogen-bond donors (Lipinski definition) is 1. The highest BCUT2D eigenvalue weighted by Gasteiger charge is 2.27.